The molecule has 1 heterocycles. The summed E-state index contributed by atoms with van der Waals surface area (Å²) < 4.78 is 13.5. The molecule has 2 N–H and O–H groups in total. The molecule has 3 heteroatoms. The average molecular weight is 230 g/mol. The maximum atomic E-state index is 13.5. The number of benzene rings is 1. The molecule has 0 saturated heterocycles. The van der Waals surface area contributed by atoms with Crippen molar-refractivity contribution >= 4 is 0 Å². The van der Waals surface area contributed by atoms with E-state index >= 15 is 0 Å². The van der Waals surface area contributed by atoms with Gasteiger partial charge in [0.15, 0.2) is 0 Å². The molecule has 0 aliphatic rings. The number of halogens is 1. The molecule has 0 aliphatic carbocycles. The van der Waals surface area contributed by atoms with Gasteiger partial charge in [-0.3, -0.25) is 4.98 Å². The van der Waals surface area contributed by atoms with Crippen molar-refractivity contribution in [2.24, 2.45) is 5.73 Å². The Bertz CT molecular complexity index is 471. The van der Waals surface area contributed by atoms with E-state index in [9.17, 15) is 4.39 Å². The van der Waals surface area contributed by atoms with Gasteiger partial charge in [0.05, 0.1) is 0 Å². The van der Waals surface area contributed by atoms with E-state index in [1.807, 2.05) is 18.2 Å². The number of aryl methyl sites for hydroxylation is 1. The summed E-state index contributed by atoms with van der Waals surface area (Å²) in [7, 11) is 0. The molecule has 2 rings (SSSR count). The Morgan fingerprint density at radius 1 is 1.12 bits per heavy atom. The molecule has 0 fully saturated rings. The summed E-state index contributed by atoms with van der Waals surface area (Å²) in [6, 6.07) is 12.1. The van der Waals surface area contributed by atoms with Crippen LogP contribution in [0.15, 0.2) is 48.7 Å². The van der Waals surface area contributed by atoms with Crippen molar-refractivity contribution in [2.45, 2.75) is 18.9 Å². The van der Waals surface area contributed by atoms with Crippen molar-refractivity contribution < 1.29 is 4.39 Å². The highest BCUT2D eigenvalue weighted by Gasteiger charge is 2.10. The first kappa shape index (κ1) is 11.7. The van der Waals surface area contributed by atoms with Gasteiger partial charge in [-0.1, -0.05) is 24.3 Å². The van der Waals surface area contributed by atoms with E-state index in [2.05, 4.69) is 4.98 Å². The van der Waals surface area contributed by atoms with Gasteiger partial charge in [-0.15, -0.1) is 0 Å². The van der Waals surface area contributed by atoms with Crippen LogP contribution >= 0.6 is 0 Å². The number of hydrogen-bond acceptors (Lipinski definition) is 2. The summed E-state index contributed by atoms with van der Waals surface area (Å²) in [4.78, 5) is 4.22. The summed E-state index contributed by atoms with van der Waals surface area (Å²) in [6.07, 6.45) is 3.21. The van der Waals surface area contributed by atoms with Gasteiger partial charge < -0.3 is 5.73 Å². The van der Waals surface area contributed by atoms with Gasteiger partial charge in [0, 0.05) is 23.5 Å². The molecule has 0 bridgehead atoms. The predicted octanol–water partition coefficient (Wildman–Crippen LogP) is 2.85. The van der Waals surface area contributed by atoms with Crippen LogP contribution < -0.4 is 5.73 Å². The second-order valence-electron chi connectivity index (χ2n) is 3.99. The molecule has 0 aliphatic heterocycles. The fraction of sp³-hybridized carbons (Fsp3) is 0.214. The molecule has 0 spiro atoms. The molecule has 1 aromatic carbocycles. The van der Waals surface area contributed by atoms with Gasteiger partial charge in [0.2, 0.25) is 0 Å². The Hall–Kier alpha value is -1.74. The monoisotopic (exact) mass is 230 g/mol. The van der Waals surface area contributed by atoms with Gasteiger partial charge in [-0.25, -0.2) is 4.39 Å². The quantitative estimate of drug-likeness (QED) is 0.877. The van der Waals surface area contributed by atoms with Gasteiger partial charge in [-0.2, -0.15) is 0 Å². The van der Waals surface area contributed by atoms with Gasteiger partial charge in [-0.05, 0) is 31.0 Å². The SMILES string of the molecule is NC(CCc1ccccn1)c1ccccc1F. The minimum atomic E-state index is -0.279. The molecule has 88 valence electrons. The second kappa shape index (κ2) is 5.55. The lowest BCUT2D eigenvalue weighted by molar-refractivity contribution is 0.562. The molecule has 1 atom stereocenters. The first-order valence-electron chi connectivity index (χ1n) is 5.67. The lowest BCUT2D eigenvalue weighted by Crippen LogP contribution is -2.13. The lowest BCUT2D eigenvalue weighted by Gasteiger charge is -2.12. The Kier molecular flexibility index (Phi) is 3.83. The maximum Gasteiger partial charge on any atom is 0.127 e. The van der Waals surface area contributed by atoms with Gasteiger partial charge >= 0.3 is 0 Å². The Labute approximate surface area is 100 Å². The van der Waals surface area contributed by atoms with Crippen LogP contribution in [0.3, 0.4) is 0 Å². The van der Waals surface area contributed by atoms with Crippen LogP contribution in [0.1, 0.15) is 23.7 Å². The molecule has 17 heavy (non-hydrogen) atoms. The zero-order valence-corrected chi connectivity index (χ0v) is 9.51. The second-order valence-corrected chi connectivity index (χ2v) is 3.99. The third kappa shape index (κ3) is 3.11. The number of pyridine rings is 1. The summed E-state index contributed by atoms with van der Waals surface area (Å²) in [5.74, 6) is -0.235. The third-order valence-electron chi connectivity index (χ3n) is 2.74. The van der Waals surface area contributed by atoms with Crippen LogP contribution in [0.5, 0.6) is 0 Å². The zero-order valence-electron chi connectivity index (χ0n) is 9.51. The topological polar surface area (TPSA) is 38.9 Å². The van der Waals surface area contributed by atoms with E-state index in [4.69, 9.17) is 5.73 Å². The van der Waals surface area contributed by atoms with Gasteiger partial charge in [0.25, 0.3) is 0 Å². The molecule has 2 nitrogen and oxygen atoms in total. The molecule has 0 amide bonds. The Morgan fingerprint density at radius 2 is 1.88 bits per heavy atom. The summed E-state index contributed by atoms with van der Waals surface area (Å²) in [5, 5.41) is 0. The highest BCUT2D eigenvalue weighted by atomic mass is 19.1. The summed E-state index contributed by atoms with van der Waals surface area (Å²) >= 11 is 0. The number of nitrogens with zero attached hydrogens (tertiary/aromatic N) is 1. The lowest BCUT2D eigenvalue weighted by atomic mass is 10.0. The fourth-order valence-electron chi connectivity index (χ4n) is 1.78. The number of aromatic nitrogens is 1. The van der Waals surface area contributed by atoms with E-state index in [-0.39, 0.29) is 11.9 Å². The number of hydrogen-bond donors (Lipinski definition) is 1. The molecule has 0 radical (unpaired) electrons. The van der Waals surface area contributed by atoms with Crippen LogP contribution in [-0.4, -0.2) is 4.98 Å². The smallest absolute Gasteiger partial charge is 0.127 e. The van der Waals surface area contributed by atoms with Gasteiger partial charge in [0.1, 0.15) is 5.82 Å². The minimum absolute atomic E-state index is 0.235. The molecule has 1 unspecified atom stereocenters. The van der Waals surface area contributed by atoms with Crippen molar-refractivity contribution in [3.63, 3.8) is 0 Å². The van der Waals surface area contributed by atoms with E-state index in [1.54, 1.807) is 24.4 Å². The van der Waals surface area contributed by atoms with Crippen LogP contribution in [0.25, 0.3) is 0 Å². The third-order valence-corrected chi connectivity index (χ3v) is 2.74. The van der Waals surface area contributed by atoms with E-state index < -0.39 is 0 Å². The predicted molar refractivity (Wildman–Crippen MR) is 65.9 cm³/mol. The first-order valence-corrected chi connectivity index (χ1v) is 5.67. The first-order chi connectivity index (χ1) is 8.27. The summed E-state index contributed by atoms with van der Waals surface area (Å²) in [5.41, 5.74) is 7.53. The number of rotatable bonds is 4. The van der Waals surface area contributed by atoms with E-state index in [0.717, 1.165) is 12.1 Å². The van der Waals surface area contributed by atoms with Crippen molar-refractivity contribution in [1.29, 1.82) is 0 Å². The number of nitrogens with two attached hydrogens (primary N) is 1. The Morgan fingerprint density at radius 3 is 2.59 bits per heavy atom. The largest absolute Gasteiger partial charge is 0.324 e. The van der Waals surface area contributed by atoms with Crippen LogP contribution in [0.2, 0.25) is 0 Å². The fourth-order valence-corrected chi connectivity index (χ4v) is 1.78. The molecular weight excluding hydrogens is 215 g/mol. The highest BCUT2D eigenvalue weighted by Crippen LogP contribution is 2.18. The average Bonchev–Trinajstić information content (AvgIpc) is 2.38. The molecule has 1 aromatic heterocycles. The Balaban J connectivity index is 1.99. The zero-order chi connectivity index (χ0) is 12.1. The molecule has 0 saturated carbocycles. The van der Waals surface area contributed by atoms with Crippen LogP contribution in [0, 0.1) is 5.82 Å². The van der Waals surface area contributed by atoms with Crippen molar-refractivity contribution in [3.8, 4) is 0 Å². The minimum Gasteiger partial charge on any atom is -0.324 e. The summed E-state index contributed by atoms with van der Waals surface area (Å²) in [6.45, 7) is 0. The molecule has 2 aromatic rings. The standard InChI is InChI=1S/C14H15FN2/c15-13-7-2-1-6-12(13)14(16)9-8-11-5-3-4-10-17-11/h1-7,10,14H,8-9,16H2. The maximum absolute atomic E-state index is 13.5. The van der Waals surface area contributed by atoms with Crippen LogP contribution in [-0.2, 0) is 6.42 Å². The van der Waals surface area contributed by atoms with E-state index in [0.29, 0.717) is 12.0 Å². The van der Waals surface area contributed by atoms with E-state index in [1.165, 1.54) is 6.07 Å². The normalized spacial score (nSPS) is 12.4. The van der Waals surface area contributed by atoms with Crippen molar-refractivity contribution in [2.75, 3.05) is 0 Å². The molecular formula is C14H15FN2. The highest BCUT2D eigenvalue weighted by molar-refractivity contribution is 5.21. The van der Waals surface area contributed by atoms with Crippen LogP contribution in [0.4, 0.5) is 4.39 Å². The van der Waals surface area contributed by atoms with Crippen molar-refractivity contribution in [1.82, 2.24) is 4.98 Å². The van der Waals surface area contributed by atoms with Crippen molar-refractivity contribution in [3.05, 3.63) is 65.7 Å².